The average molecular weight is 374 g/mol. The molecule has 0 aliphatic carbocycles. The standard InChI is InChI=1S/C19H22N2O4S/c20-18(12-16-9-5-2-6-10-16)19-13-17(11-15-7-3-1-4-8-15)21(25-19)14-26(22,23)24/h1-10,13,18-19H,11-12,14,20H2,(H,22,23,24). The molecule has 0 radical (unpaired) electrons. The first-order chi connectivity index (χ1) is 12.4. The van der Waals surface area contributed by atoms with Crippen LogP contribution in [0.1, 0.15) is 11.1 Å². The van der Waals surface area contributed by atoms with E-state index in [0.29, 0.717) is 18.5 Å². The Morgan fingerprint density at radius 3 is 2.19 bits per heavy atom. The van der Waals surface area contributed by atoms with Gasteiger partial charge in [-0.3, -0.25) is 9.39 Å². The van der Waals surface area contributed by atoms with Crippen LogP contribution in [0, 0.1) is 0 Å². The van der Waals surface area contributed by atoms with E-state index in [1.807, 2.05) is 66.7 Å². The van der Waals surface area contributed by atoms with E-state index in [9.17, 15) is 13.0 Å². The van der Waals surface area contributed by atoms with Crippen molar-refractivity contribution in [2.45, 2.75) is 25.0 Å². The predicted octanol–water partition coefficient (Wildman–Crippen LogP) is 2.14. The minimum absolute atomic E-state index is 0.338. The summed E-state index contributed by atoms with van der Waals surface area (Å²) >= 11 is 0. The van der Waals surface area contributed by atoms with Crippen molar-refractivity contribution in [3.8, 4) is 0 Å². The van der Waals surface area contributed by atoms with Crippen LogP contribution >= 0.6 is 0 Å². The second-order valence-electron chi connectivity index (χ2n) is 6.33. The number of rotatable bonds is 7. The van der Waals surface area contributed by atoms with E-state index in [4.69, 9.17) is 10.6 Å². The van der Waals surface area contributed by atoms with Gasteiger partial charge in [0.15, 0.2) is 5.88 Å². The highest BCUT2D eigenvalue weighted by Gasteiger charge is 2.31. The second-order valence-corrected chi connectivity index (χ2v) is 7.76. The van der Waals surface area contributed by atoms with Gasteiger partial charge in [0.2, 0.25) is 0 Å². The molecule has 0 bridgehead atoms. The fraction of sp³-hybridized carbons (Fsp3) is 0.263. The SMILES string of the molecule is NC(Cc1ccccc1)C1C=C(Cc2ccccc2)N(CS(=O)(=O)O)O1. The van der Waals surface area contributed by atoms with Crippen LogP contribution in [-0.4, -0.2) is 36.1 Å². The summed E-state index contributed by atoms with van der Waals surface area (Å²) in [5, 5.41) is 1.22. The molecular formula is C19H22N2O4S. The first-order valence-electron chi connectivity index (χ1n) is 8.34. The lowest BCUT2D eigenvalue weighted by Crippen LogP contribution is -2.38. The van der Waals surface area contributed by atoms with E-state index in [-0.39, 0.29) is 6.04 Å². The van der Waals surface area contributed by atoms with Gasteiger partial charge in [-0.25, -0.2) is 5.06 Å². The van der Waals surface area contributed by atoms with E-state index in [2.05, 4.69) is 0 Å². The normalized spacial score (nSPS) is 18.6. The van der Waals surface area contributed by atoms with E-state index < -0.39 is 22.1 Å². The number of hydrogen-bond acceptors (Lipinski definition) is 5. The van der Waals surface area contributed by atoms with Crippen LogP contribution in [0.3, 0.4) is 0 Å². The Balaban J connectivity index is 1.76. The Bertz CT molecular complexity index is 854. The largest absolute Gasteiger partial charge is 0.325 e. The van der Waals surface area contributed by atoms with Crippen molar-refractivity contribution in [3.63, 3.8) is 0 Å². The molecule has 3 rings (SSSR count). The highest BCUT2D eigenvalue weighted by atomic mass is 32.2. The highest BCUT2D eigenvalue weighted by Crippen LogP contribution is 2.25. The summed E-state index contributed by atoms with van der Waals surface area (Å²) in [7, 11) is -4.22. The third-order valence-electron chi connectivity index (χ3n) is 4.17. The number of hydrogen-bond donors (Lipinski definition) is 2. The molecule has 0 spiro atoms. The van der Waals surface area contributed by atoms with Crippen molar-refractivity contribution >= 4 is 10.1 Å². The summed E-state index contributed by atoms with van der Waals surface area (Å²) in [5.41, 5.74) is 9.05. The molecule has 2 atom stereocenters. The first kappa shape index (κ1) is 18.6. The van der Waals surface area contributed by atoms with E-state index >= 15 is 0 Å². The molecule has 0 fully saturated rings. The van der Waals surface area contributed by atoms with Crippen LogP contribution in [0.4, 0.5) is 0 Å². The monoisotopic (exact) mass is 374 g/mol. The Kier molecular flexibility index (Phi) is 5.73. The Hall–Kier alpha value is -2.19. The Labute approximate surface area is 153 Å². The fourth-order valence-electron chi connectivity index (χ4n) is 2.94. The smallest absolute Gasteiger partial charge is 0.285 e. The van der Waals surface area contributed by atoms with Gasteiger partial charge in [-0.15, -0.1) is 0 Å². The maximum absolute atomic E-state index is 11.3. The fourth-order valence-corrected chi connectivity index (χ4v) is 3.46. The maximum Gasteiger partial charge on any atom is 0.285 e. The van der Waals surface area contributed by atoms with Crippen molar-refractivity contribution < 1.29 is 17.8 Å². The Morgan fingerprint density at radius 2 is 1.62 bits per heavy atom. The van der Waals surface area contributed by atoms with Crippen LogP contribution < -0.4 is 5.73 Å². The molecule has 0 saturated carbocycles. The molecule has 1 aliphatic heterocycles. The lowest BCUT2D eigenvalue weighted by atomic mass is 10.0. The molecule has 2 aromatic carbocycles. The molecule has 2 unspecified atom stereocenters. The second kappa shape index (κ2) is 8.01. The van der Waals surface area contributed by atoms with E-state index in [0.717, 1.165) is 11.1 Å². The van der Waals surface area contributed by atoms with Crippen molar-refractivity contribution in [1.82, 2.24) is 5.06 Å². The van der Waals surface area contributed by atoms with Gasteiger partial charge in [-0.2, -0.15) is 8.42 Å². The van der Waals surface area contributed by atoms with Crippen molar-refractivity contribution in [1.29, 1.82) is 0 Å². The maximum atomic E-state index is 11.3. The van der Waals surface area contributed by atoms with Gasteiger partial charge in [0, 0.05) is 18.2 Å². The van der Waals surface area contributed by atoms with Crippen LogP contribution in [0.5, 0.6) is 0 Å². The van der Waals surface area contributed by atoms with Crippen LogP contribution in [0.15, 0.2) is 72.4 Å². The summed E-state index contributed by atoms with van der Waals surface area (Å²) in [6.07, 6.45) is 2.47. The lowest BCUT2D eigenvalue weighted by molar-refractivity contribution is -0.132. The minimum Gasteiger partial charge on any atom is -0.325 e. The summed E-state index contributed by atoms with van der Waals surface area (Å²) in [6, 6.07) is 19.1. The van der Waals surface area contributed by atoms with E-state index in [1.165, 1.54) is 5.06 Å². The number of benzene rings is 2. The van der Waals surface area contributed by atoms with Gasteiger partial charge < -0.3 is 5.73 Å². The zero-order chi connectivity index (χ0) is 18.6. The average Bonchev–Trinajstić information content (AvgIpc) is 2.97. The molecular weight excluding hydrogens is 352 g/mol. The molecule has 7 heteroatoms. The predicted molar refractivity (Wildman–Crippen MR) is 99.5 cm³/mol. The van der Waals surface area contributed by atoms with Crippen molar-refractivity contribution in [2.75, 3.05) is 5.88 Å². The molecule has 1 heterocycles. The van der Waals surface area contributed by atoms with Crippen LogP contribution in [0.2, 0.25) is 0 Å². The molecule has 3 N–H and O–H groups in total. The highest BCUT2D eigenvalue weighted by molar-refractivity contribution is 7.85. The number of nitrogens with zero attached hydrogens (tertiary/aromatic N) is 1. The Morgan fingerprint density at radius 1 is 1.04 bits per heavy atom. The summed E-state index contributed by atoms with van der Waals surface area (Å²) < 4.78 is 31.9. The third kappa shape index (κ3) is 5.15. The van der Waals surface area contributed by atoms with Gasteiger partial charge in [-0.05, 0) is 23.6 Å². The molecule has 138 valence electrons. The topological polar surface area (TPSA) is 92.9 Å². The summed E-state index contributed by atoms with van der Waals surface area (Å²) in [6.45, 7) is 0. The zero-order valence-electron chi connectivity index (χ0n) is 14.2. The number of allylic oxidation sites excluding steroid dienone is 1. The van der Waals surface area contributed by atoms with Gasteiger partial charge in [-0.1, -0.05) is 60.7 Å². The van der Waals surface area contributed by atoms with Gasteiger partial charge >= 0.3 is 0 Å². The molecule has 6 nitrogen and oxygen atoms in total. The van der Waals surface area contributed by atoms with Gasteiger partial charge in [0.25, 0.3) is 10.1 Å². The third-order valence-corrected chi connectivity index (χ3v) is 4.73. The molecule has 0 aromatic heterocycles. The van der Waals surface area contributed by atoms with Crippen LogP contribution in [0.25, 0.3) is 0 Å². The minimum atomic E-state index is -4.22. The lowest BCUT2D eigenvalue weighted by Gasteiger charge is -2.23. The van der Waals surface area contributed by atoms with Crippen LogP contribution in [-0.2, 0) is 27.8 Å². The number of nitrogens with two attached hydrogens (primary N) is 1. The number of hydroxylamine groups is 2. The van der Waals surface area contributed by atoms with Crippen molar-refractivity contribution in [2.24, 2.45) is 5.73 Å². The van der Waals surface area contributed by atoms with Gasteiger partial charge in [0.1, 0.15) is 6.10 Å². The van der Waals surface area contributed by atoms with Gasteiger partial charge in [0.05, 0.1) is 0 Å². The molecule has 2 aromatic rings. The summed E-state index contributed by atoms with van der Waals surface area (Å²) in [4.78, 5) is 5.73. The molecule has 1 aliphatic rings. The first-order valence-corrected chi connectivity index (χ1v) is 9.95. The molecule has 0 saturated heterocycles. The quantitative estimate of drug-likeness (QED) is 0.722. The molecule has 26 heavy (non-hydrogen) atoms. The summed E-state index contributed by atoms with van der Waals surface area (Å²) in [5.74, 6) is -0.625. The molecule has 0 amide bonds. The van der Waals surface area contributed by atoms with Crippen molar-refractivity contribution in [3.05, 3.63) is 83.6 Å². The van der Waals surface area contributed by atoms with E-state index in [1.54, 1.807) is 0 Å². The zero-order valence-corrected chi connectivity index (χ0v) is 15.0.